The smallest absolute Gasteiger partial charge is 0.444 e. The minimum Gasteiger partial charge on any atom is -0.444 e. The molecular weight excluding hydrogens is 494 g/mol. The van der Waals surface area contributed by atoms with Crippen LogP contribution >= 0.6 is 0 Å². The lowest BCUT2D eigenvalue weighted by atomic mass is 9.92. The molecule has 4 rings (SSSR count). The fourth-order valence-corrected chi connectivity index (χ4v) is 4.30. The summed E-state index contributed by atoms with van der Waals surface area (Å²) in [5, 5.41) is 2.62. The molecule has 1 amide bonds. The van der Waals surface area contributed by atoms with Gasteiger partial charge in [0, 0.05) is 42.5 Å². The Balaban J connectivity index is 1.56. The normalized spacial score (nSPS) is 22.9. The zero-order chi connectivity index (χ0) is 26.4. The maximum absolute atomic E-state index is 14.6. The third kappa shape index (κ3) is 5.72. The molecule has 3 unspecified atom stereocenters. The van der Waals surface area contributed by atoms with Crippen molar-refractivity contribution in [2.45, 2.75) is 70.2 Å². The summed E-state index contributed by atoms with van der Waals surface area (Å²) in [6, 6.07) is -0.255. The summed E-state index contributed by atoms with van der Waals surface area (Å²) in [7, 11) is 0. The highest BCUT2D eigenvalue weighted by Gasteiger charge is 2.41. The van der Waals surface area contributed by atoms with Crippen LogP contribution in [0.15, 0.2) is 18.3 Å². The average molecular weight is 518 g/mol. The van der Waals surface area contributed by atoms with E-state index in [4.69, 9.17) is 9.47 Å². The van der Waals surface area contributed by atoms with Crippen molar-refractivity contribution in [2.24, 2.45) is 0 Å². The summed E-state index contributed by atoms with van der Waals surface area (Å²) in [6.07, 6.45) is -5.37. The van der Waals surface area contributed by atoms with Crippen LogP contribution in [0.3, 0.4) is 0 Å². The first kappa shape index (κ1) is 26.1. The molecule has 1 aromatic carbocycles. The van der Waals surface area contributed by atoms with Gasteiger partial charge in [-0.2, -0.15) is 13.2 Å². The van der Waals surface area contributed by atoms with Crippen molar-refractivity contribution in [1.82, 2.24) is 20.2 Å². The first-order valence-corrected chi connectivity index (χ1v) is 11.1. The third-order valence-electron chi connectivity index (χ3n) is 5.86. The molecule has 1 aromatic heterocycles. The van der Waals surface area contributed by atoms with Crippen molar-refractivity contribution in [3.63, 3.8) is 0 Å². The van der Waals surface area contributed by atoms with Crippen molar-refractivity contribution < 1.29 is 40.6 Å². The average Bonchev–Trinajstić information content (AvgIpc) is 3.18. The zero-order valence-corrected chi connectivity index (χ0v) is 19.6. The Morgan fingerprint density at radius 1 is 1.11 bits per heavy atom. The van der Waals surface area contributed by atoms with Gasteiger partial charge in [-0.3, -0.25) is 4.90 Å². The minimum absolute atomic E-state index is 0.0108. The number of halogens is 6. The van der Waals surface area contributed by atoms with E-state index < -0.39 is 59.3 Å². The van der Waals surface area contributed by atoms with Gasteiger partial charge in [0.2, 0.25) is 5.82 Å². The van der Waals surface area contributed by atoms with Crippen LogP contribution in [-0.4, -0.2) is 45.3 Å². The number of hydrogen-bond acceptors (Lipinski definition) is 6. The number of alkyl halides is 3. The summed E-state index contributed by atoms with van der Waals surface area (Å²) in [4.78, 5) is 21.3. The van der Waals surface area contributed by atoms with Crippen LogP contribution in [0.5, 0.6) is 0 Å². The van der Waals surface area contributed by atoms with Crippen molar-refractivity contribution in [3.05, 3.63) is 58.4 Å². The maximum Gasteiger partial charge on any atom is 0.451 e. The van der Waals surface area contributed by atoms with Crippen molar-refractivity contribution in [1.29, 1.82) is 0 Å². The number of hydrogen-bond donors (Lipinski definition) is 1. The minimum atomic E-state index is -4.68. The van der Waals surface area contributed by atoms with Gasteiger partial charge in [-0.05, 0) is 33.3 Å². The molecule has 7 nitrogen and oxygen atoms in total. The highest BCUT2D eigenvalue weighted by molar-refractivity contribution is 5.68. The van der Waals surface area contributed by atoms with Crippen molar-refractivity contribution >= 4 is 6.09 Å². The van der Waals surface area contributed by atoms with Gasteiger partial charge in [0.15, 0.2) is 11.6 Å². The van der Waals surface area contributed by atoms with Crippen LogP contribution in [-0.2, 0) is 28.7 Å². The van der Waals surface area contributed by atoms with Gasteiger partial charge in [0.05, 0.1) is 18.3 Å². The lowest BCUT2D eigenvalue weighted by Gasteiger charge is -2.40. The van der Waals surface area contributed by atoms with Crippen LogP contribution in [0.4, 0.5) is 31.1 Å². The number of alkyl carbamates (subject to hydrolysis) is 1. The van der Waals surface area contributed by atoms with E-state index in [1.165, 1.54) is 0 Å². The molecule has 13 heteroatoms. The molecule has 2 aliphatic rings. The van der Waals surface area contributed by atoms with E-state index in [1.54, 1.807) is 25.7 Å². The molecule has 3 atom stereocenters. The second kappa shape index (κ2) is 9.51. The molecule has 2 aromatic rings. The number of benzene rings is 1. The zero-order valence-electron chi connectivity index (χ0n) is 19.6. The predicted molar refractivity (Wildman–Crippen MR) is 113 cm³/mol. The van der Waals surface area contributed by atoms with Crippen LogP contribution < -0.4 is 5.32 Å². The number of ether oxygens (including phenoxy) is 2. The molecule has 1 fully saturated rings. The van der Waals surface area contributed by atoms with Crippen LogP contribution in [0.1, 0.15) is 55.9 Å². The second-order valence-corrected chi connectivity index (χ2v) is 9.75. The van der Waals surface area contributed by atoms with Gasteiger partial charge in [-0.15, -0.1) is 0 Å². The summed E-state index contributed by atoms with van der Waals surface area (Å²) in [5.74, 6) is -4.92. The highest BCUT2D eigenvalue weighted by Crippen LogP contribution is 2.36. The topological polar surface area (TPSA) is 76.6 Å². The van der Waals surface area contributed by atoms with E-state index in [2.05, 4.69) is 15.3 Å². The van der Waals surface area contributed by atoms with Crippen molar-refractivity contribution in [3.8, 4) is 0 Å². The number of amides is 1. The fraction of sp³-hybridized carbons (Fsp3) is 0.522. The molecule has 3 heterocycles. The molecular formula is C23H24F6N4O3. The Morgan fingerprint density at radius 2 is 1.81 bits per heavy atom. The van der Waals surface area contributed by atoms with Gasteiger partial charge in [-0.25, -0.2) is 27.9 Å². The molecule has 0 bridgehead atoms. The highest BCUT2D eigenvalue weighted by atomic mass is 19.4. The van der Waals surface area contributed by atoms with Crippen molar-refractivity contribution in [2.75, 3.05) is 6.61 Å². The largest absolute Gasteiger partial charge is 0.451 e. The van der Waals surface area contributed by atoms with E-state index in [1.807, 2.05) is 0 Å². The number of aromatic nitrogens is 2. The van der Waals surface area contributed by atoms with Gasteiger partial charge in [0.25, 0.3) is 0 Å². The molecule has 1 N–H and O–H groups in total. The maximum atomic E-state index is 14.6. The standard InChI is InChI=1S/C23H24F6N4O3/c1-22(2,3)36-21(34)32-17-4-12(10-35-19(17)13-5-15(25)16(26)6-14(13)24)33-8-11-7-30-20(23(27,28)29)31-18(11)9-33/h5-7,12,17,19H,4,8-10H2,1-3H3,(H,32,34). The van der Waals surface area contributed by atoms with Crippen LogP contribution in [0, 0.1) is 17.5 Å². The van der Waals surface area contributed by atoms with Crippen LogP contribution in [0.2, 0.25) is 0 Å². The SMILES string of the molecule is CC(C)(C)OC(=O)NC1CC(N2Cc3cnc(C(F)(F)F)nc3C2)COC1c1cc(F)c(F)cc1F. The molecule has 36 heavy (non-hydrogen) atoms. The quantitative estimate of drug-likeness (QED) is 0.471. The number of carbonyl (C=O) groups is 1. The summed E-state index contributed by atoms with van der Waals surface area (Å²) < 4.78 is 92.1. The Hall–Kier alpha value is -2.93. The molecule has 0 saturated carbocycles. The molecule has 196 valence electrons. The number of rotatable bonds is 3. The Labute approximate surface area is 202 Å². The van der Waals surface area contributed by atoms with Gasteiger partial charge in [-0.1, -0.05) is 0 Å². The van der Waals surface area contributed by atoms with E-state index in [9.17, 15) is 31.1 Å². The van der Waals surface area contributed by atoms with E-state index in [0.717, 1.165) is 6.20 Å². The fourth-order valence-electron chi connectivity index (χ4n) is 4.30. The molecule has 0 radical (unpaired) electrons. The first-order chi connectivity index (χ1) is 16.7. The summed E-state index contributed by atoms with van der Waals surface area (Å²) in [5.41, 5.74) is -0.373. The molecule has 1 saturated heterocycles. The van der Waals surface area contributed by atoms with Gasteiger partial charge < -0.3 is 14.8 Å². The molecule has 0 spiro atoms. The number of nitrogens with zero attached hydrogens (tertiary/aromatic N) is 3. The summed E-state index contributed by atoms with van der Waals surface area (Å²) >= 11 is 0. The molecule has 0 aliphatic carbocycles. The lowest BCUT2D eigenvalue weighted by molar-refractivity contribution is -0.145. The number of nitrogens with one attached hydrogen (secondary N) is 1. The Kier molecular flexibility index (Phi) is 6.90. The van der Waals surface area contributed by atoms with E-state index in [0.29, 0.717) is 17.7 Å². The Morgan fingerprint density at radius 3 is 2.47 bits per heavy atom. The van der Waals surface area contributed by atoms with Gasteiger partial charge >= 0.3 is 12.3 Å². The van der Waals surface area contributed by atoms with E-state index in [-0.39, 0.29) is 37.4 Å². The van der Waals surface area contributed by atoms with E-state index >= 15 is 0 Å². The third-order valence-corrected chi connectivity index (χ3v) is 5.86. The summed E-state index contributed by atoms with van der Waals surface area (Å²) in [6.45, 7) is 5.26. The van der Waals surface area contributed by atoms with Gasteiger partial charge in [0.1, 0.15) is 17.5 Å². The number of carbonyl (C=O) groups excluding carboxylic acids is 1. The Bertz CT molecular complexity index is 1150. The predicted octanol–water partition coefficient (Wildman–Crippen LogP) is 4.65. The monoisotopic (exact) mass is 518 g/mol. The van der Waals surface area contributed by atoms with Crippen LogP contribution in [0.25, 0.3) is 0 Å². The molecule has 2 aliphatic heterocycles. The lowest BCUT2D eigenvalue weighted by Crippen LogP contribution is -2.52. The first-order valence-electron chi connectivity index (χ1n) is 11.1. The number of fused-ring (bicyclic) bond motifs is 1. The second-order valence-electron chi connectivity index (χ2n) is 9.75.